The average Bonchev–Trinajstić information content (AvgIpc) is 2.46. The maximum absolute atomic E-state index is 11.3. The van der Waals surface area contributed by atoms with Crippen LogP contribution in [-0.4, -0.2) is 22.6 Å². The number of nitrogens with zero attached hydrogens (tertiary/aromatic N) is 1. The molecule has 2 rings (SSSR count). The number of carboxylic acid groups (broad SMARTS) is 1. The zero-order valence-corrected chi connectivity index (χ0v) is 11.1. The molecule has 0 amide bonds. The highest BCUT2D eigenvalue weighted by molar-refractivity contribution is 6.04. The molecule has 0 spiro atoms. The lowest BCUT2D eigenvalue weighted by atomic mass is 10.1. The van der Waals surface area contributed by atoms with Crippen LogP contribution in [0.2, 0.25) is 0 Å². The minimum absolute atomic E-state index is 0.195. The predicted octanol–water partition coefficient (Wildman–Crippen LogP) is 3.15. The van der Waals surface area contributed by atoms with E-state index in [0.717, 1.165) is 30.2 Å². The summed E-state index contributed by atoms with van der Waals surface area (Å²) in [5.74, 6) is 1.62. The van der Waals surface area contributed by atoms with Gasteiger partial charge in [0, 0.05) is 24.5 Å². The van der Waals surface area contributed by atoms with Crippen LogP contribution in [0.1, 0.15) is 29.6 Å². The Morgan fingerprint density at radius 2 is 2.15 bits per heavy atom. The Balaban J connectivity index is 2.26. The van der Waals surface area contributed by atoms with E-state index in [1.54, 1.807) is 0 Å². The maximum atomic E-state index is 11.3. The number of fused-ring (bicyclic) bond motifs is 1. The van der Waals surface area contributed by atoms with Crippen molar-refractivity contribution < 1.29 is 9.90 Å². The Hall–Kier alpha value is -2.54. The molecule has 0 unspecified atom stereocenters. The van der Waals surface area contributed by atoms with Gasteiger partial charge >= 0.3 is 5.97 Å². The quantitative estimate of drug-likeness (QED) is 0.624. The molecular weight excluding hydrogens is 252 g/mol. The fraction of sp³-hybridized carbons (Fsp3) is 0.250. The van der Waals surface area contributed by atoms with E-state index in [4.69, 9.17) is 6.42 Å². The van der Waals surface area contributed by atoms with Crippen LogP contribution < -0.4 is 5.32 Å². The average molecular weight is 268 g/mol. The summed E-state index contributed by atoms with van der Waals surface area (Å²) >= 11 is 0. The molecule has 2 N–H and O–H groups in total. The van der Waals surface area contributed by atoms with Crippen LogP contribution in [0.5, 0.6) is 0 Å². The molecule has 0 aliphatic carbocycles. The van der Waals surface area contributed by atoms with Gasteiger partial charge in [-0.15, -0.1) is 12.3 Å². The molecular formula is C16H16N2O2. The smallest absolute Gasteiger partial charge is 0.339 e. The van der Waals surface area contributed by atoms with Crippen LogP contribution in [0.3, 0.4) is 0 Å². The van der Waals surface area contributed by atoms with Gasteiger partial charge in [-0.25, -0.2) is 4.79 Å². The highest BCUT2D eigenvalue weighted by Crippen LogP contribution is 2.25. The van der Waals surface area contributed by atoms with Crippen molar-refractivity contribution in [1.29, 1.82) is 0 Å². The second-order valence-corrected chi connectivity index (χ2v) is 4.46. The number of terminal acetylenes is 1. The summed E-state index contributed by atoms with van der Waals surface area (Å²) in [6.45, 7) is 0.690. The van der Waals surface area contributed by atoms with Crippen LogP contribution in [0.25, 0.3) is 10.9 Å². The number of rotatable bonds is 6. The maximum Gasteiger partial charge on any atom is 0.339 e. The second-order valence-electron chi connectivity index (χ2n) is 4.46. The molecule has 1 aromatic heterocycles. The van der Waals surface area contributed by atoms with Crippen LogP contribution in [0, 0.1) is 12.3 Å². The summed E-state index contributed by atoms with van der Waals surface area (Å²) in [5, 5.41) is 13.3. The van der Waals surface area contributed by atoms with Crippen molar-refractivity contribution in [3.63, 3.8) is 0 Å². The fourth-order valence-corrected chi connectivity index (χ4v) is 2.06. The summed E-state index contributed by atoms with van der Waals surface area (Å²) < 4.78 is 0. The van der Waals surface area contributed by atoms with E-state index >= 15 is 0 Å². The molecule has 0 saturated heterocycles. The Labute approximate surface area is 117 Å². The number of aromatic nitrogens is 1. The first-order chi connectivity index (χ1) is 9.74. The minimum atomic E-state index is -0.977. The molecule has 1 aromatic carbocycles. The van der Waals surface area contributed by atoms with Gasteiger partial charge in [0.25, 0.3) is 0 Å². The zero-order valence-electron chi connectivity index (χ0n) is 11.1. The van der Waals surface area contributed by atoms with Crippen molar-refractivity contribution in [2.75, 3.05) is 11.9 Å². The number of pyridine rings is 1. The molecule has 4 nitrogen and oxygen atoms in total. The Morgan fingerprint density at radius 3 is 2.90 bits per heavy atom. The normalized spacial score (nSPS) is 10.2. The number of benzene rings is 1. The number of para-hydroxylation sites is 1. The summed E-state index contributed by atoms with van der Waals surface area (Å²) in [6.07, 6.45) is 9.17. The lowest BCUT2D eigenvalue weighted by Crippen LogP contribution is -2.09. The molecule has 0 saturated carbocycles. The molecule has 4 heteroatoms. The second kappa shape index (κ2) is 6.58. The van der Waals surface area contributed by atoms with Gasteiger partial charge in [0.2, 0.25) is 0 Å². The number of hydrogen-bond acceptors (Lipinski definition) is 3. The van der Waals surface area contributed by atoms with Gasteiger partial charge in [0.15, 0.2) is 0 Å². The SMILES string of the molecule is C#CCCCCNc1c(C(=O)O)cnc2ccccc12. The molecule has 0 aliphatic heterocycles. The molecule has 0 radical (unpaired) electrons. The summed E-state index contributed by atoms with van der Waals surface area (Å²) in [7, 11) is 0. The van der Waals surface area contributed by atoms with Crippen molar-refractivity contribution in [2.24, 2.45) is 0 Å². The summed E-state index contributed by atoms with van der Waals surface area (Å²) in [6, 6.07) is 7.49. The van der Waals surface area contributed by atoms with Gasteiger partial charge < -0.3 is 10.4 Å². The Morgan fingerprint density at radius 1 is 1.35 bits per heavy atom. The zero-order chi connectivity index (χ0) is 14.4. The first-order valence-corrected chi connectivity index (χ1v) is 6.52. The third kappa shape index (κ3) is 3.07. The third-order valence-corrected chi connectivity index (χ3v) is 3.06. The molecule has 1 heterocycles. The van der Waals surface area contributed by atoms with Gasteiger partial charge in [0.05, 0.1) is 11.2 Å². The Kier molecular flexibility index (Phi) is 4.56. The number of anilines is 1. The predicted molar refractivity (Wildman–Crippen MR) is 79.9 cm³/mol. The lowest BCUT2D eigenvalue weighted by Gasteiger charge is -2.12. The molecule has 20 heavy (non-hydrogen) atoms. The van der Waals surface area contributed by atoms with E-state index in [0.29, 0.717) is 12.2 Å². The number of aromatic carboxylic acids is 1. The molecule has 0 aliphatic rings. The standard InChI is InChI=1S/C16H16N2O2/c1-2-3-4-7-10-17-15-12-8-5-6-9-14(12)18-11-13(15)16(19)20/h1,5-6,8-9,11H,3-4,7,10H2,(H,17,18)(H,19,20). The molecule has 0 fully saturated rings. The summed E-state index contributed by atoms with van der Waals surface area (Å²) in [4.78, 5) is 15.5. The van der Waals surface area contributed by atoms with Crippen molar-refractivity contribution in [2.45, 2.75) is 19.3 Å². The lowest BCUT2D eigenvalue weighted by molar-refractivity contribution is 0.0697. The Bertz CT molecular complexity index is 659. The van der Waals surface area contributed by atoms with Crippen molar-refractivity contribution in [3.05, 3.63) is 36.0 Å². The van der Waals surface area contributed by atoms with Gasteiger partial charge in [-0.2, -0.15) is 0 Å². The van der Waals surface area contributed by atoms with Crippen LogP contribution in [-0.2, 0) is 0 Å². The largest absolute Gasteiger partial charge is 0.478 e. The highest BCUT2D eigenvalue weighted by atomic mass is 16.4. The number of nitrogens with one attached hydrogen (secondary N) is 1. The highest BCUT2D eigenvalue weighted by Gasteiger charge is 2.13. The van der Waals surface area contributed by atoms with Crippen LogP contribution in [0.4, 0.5) is 5.69 Å². The number of carbonyl (C=O) groups is 1. The van der Waals surface area contributed by atoms with Crippen molar-refractivity contribution >= 4 is 22.6 Å². The van der Waals surface area contributed by atoms with Crippen LogP contribution >= 0.6 is 0 Å². The van der Waals surface area contributed by atoms with E-state index in [1.807, 2.05) is 24.3 Å². The van der Waals surface area contributed by atoms with E-state index in [9.17, 15) is 9.90 Å². The van der Waals surface area contributed by atoms with E-state index in [-0.39, 0.29) is 5.56 Å². The molecule has 2 aromatic rings. The fourth-order valence-electron chi connectivity index (χ4n) is 2.06. The first-order valence-electron chi connectivity index (χ1n) is 6.52. The van der Waals surface area contributed by atoms with Crippen molar-refractivity contribution in [1.82, 2.24) is 4.98 Å². The number of carboxylic acids is 1. The van der Waals surface area contributed by atoms with Gasteiger partial charge in [-0.05, 0) is 18.9 Å². The van der Waals surface area contributed by atoms with Crippen molar-refractivity contribution in [3.8, 4) is 12.3 Å². The van der Waals surface area contributed by atoms with E-state index in [1.165, 1.54) is 6.20 Å². The van der Waals surface area contributed by atoms with E-state index < -0.39 is 5.97 Å². The summed E-state index contributed by atoms with van der Waals surface area (Å²) in [5.41, 5.74) is 1.60. The molecule has 0 atom stereocenters. The van der Waals surface area contributed by atoms with Gasteiger partial charge in [-0.3, -0.25) is 4.98 Å². The minimum Gasteiger partial charge on any atom is -0.478 e. The first kappa shape index (κ1) is 13.9. The molecule has 102 valence electrons. The monoisotopic (exact) mass is 268 g/mol. The topological polar surface area (TPSA) is 62.2 Å². The molecule has 0 bridgehead atoms. The number of hydrogen-bond donors (Lipinski definition) is 2. The van der Waals surface area contributed by atoms with E-state index in [2.05, 4.69) is 16.2 Å². The van der Waals surface area contributed by atoms with Crippen LogP contribution in [0.15, 0.2) is 30.5 Å². The van der Waals surface area contributed by atoms with Gasteiger partial charge in [-0.1, -0.05) is 18.2 Å². The van der Waals surface area contributed by atoms with Gasteiger partial charge in [0.1, 0.15) is 5.56 Å². The third-order valence-electron chi connectivity index (χ3n) is 3.06. The number of unbranched alkanes of at least 4 members (excludes halogenated alkanes) is 2.